The average Bonchev–Trinajstić information content (AvgIpc) is 2.93. The molecule has 3 N–H and O–H groups in total. The summed E-state index contributed by atoms with van der Waals surface area (Å²) in [5, 5.41) is 3.21. The zero-order valence-electron chi connectivity index (χ0n) is 12.4. The summed E-state index contributed by atoms with van der Waals surface area (Å²) in [6.07, 6.45) is 3.94. The second-order valence-electron chi connectivity index (χ2n) is 6.96. The molecule has 5 heteroatoms. The number of ether oxygens (including phenoxy) is 2. The van der Waals surface area contributed by atoms with E-state index in [1.165, 1.54) is 0 Å². The topological polar surface area (TPSA) is 73.6 Å². The van der Waals surface area contributed by atoms with Crippen LogP contribution in [0.2, 0.25) is 0 Å². The molecule has 3 rings (SSSR count). The Morgan fingerprint density at radius 1 is 1.35 bits per heavy atom. The van der Waals surface area contributed by atoms with Gasteiger partial charge >= 0.3 is 0 Å². The highest BCUT2D eigenvalue weighted by Crippen LogP contribution is 2.51. The van der Waals surface area contributed by atoms with Crippen LogP contribution in [-0.4, -0.2) is 43.4 Å². The molecule has 114 valence electrons. The van der Waals surface area contributed by atoms with Crippen molar-refractivity contribution in [1.29, 1.82) is 0 Å². The van der Waals surface area contributed by atoms with E-state index in [9.17, 15) is 4.79 Å². The summed E-state index contributed by atoms with van der Waals surface area (Å²) < 4.78 is 11.5. The maximum atomic E-state index is 12.4. The van der Waals surface area contributed by atoms with Crippen molar-refractivity contribution in [1.82, 2.24) is 5.32 Å². The van der Waals surface area contributed by atoms with E-state index in [2.05, 4.69) is 19.2 Å². The average molecular weight is 282 g/mol. The van der Waals surface area contributed by atoms with E-state index in [-0.39, 0.29) is 29.6 Å². The second-order valence-corrected chi connectivity index (χ2v) is 6.96. The Balaban J connectivity index is 1.59. The molecule has 0 aromatic carbocycles. The summed E-state index contributed by atoms with van der Waals surface area (Å²) in [5.41, 5.74) is 5.61. The van der Waals surface area contributed by atoms with Crippen molar-refractivity contribution in [3.63, 3.8) is 0 Å². The quantitative estimate of drug-likeness (QED) is 0.803. The minimum atomic E-state index is -0.317. The van der Waals surface area contributed by atoms with Gasteiger partial charge in [0.1, 0.15) is 6.10 Å². The SMILES string of the molecule is CC1(C)C(NC(=O)[C@@H]2CC[C@H](CN)O2)C2CCCOC21. The lowest BCUT2D eigenvalue weighted by Gasteiger charge is -2.60. The molecule has 3 aliphatic rings. The molecule has 0 spiro atoms. The highest BCUT2D eigenvalue weighted by atomic mass is 16.5. The Hall–Kier alpha value is -0.650. The van der Waals surface area contributed by atoms with Crippen LogP contribution in [0.25, 0.3) is 0 Å². The van der Waals surface area contributed by atoms with Gasteiger partial charge in [-0.3, -0.25) is 4.79 Å². The van der Waals surface area contributed by atoms with Gasteiger partial charge in [-0.15, -0.1) is 0 Å². The minimum Gasteiger partial charge on any atom is -0.377 e. The molecule has 2 saturated heterocycles. The van der Waals surface area contributed by atoms with Crippen molar-refractivity contribution < 1.29 is 14.3 Å². The van der Waals surface area contributed by atoms with Crippen molar-refractivity contribution in [2.75, 3.05) is 13.2 Å². The van der Waals surface area contributed by atoms with Gasteiger partial charge in [-0.2, -0.15) is 0 Å². The van der Waals surface area contributed by atoms with Crippen LogP contribution in [0, 0.1) is 11.3 Å². The molecule has 5 nitrogen and oxygen atoms in total. The third-order valence-electron chi connectivity index (χ3n) is 5.29. The van der Waals surface area contributed by atoms with Gasteiger partial charge in [0, 0.05) is 30.5 Å². The first kappa shape index (κ1) is 14.3. The first-order valence-corrected chi connectivity index (χ1v) is 7.81. The molecule has 2 heterocycles. The number of carbonyl (C=O) groups is 1. The van der Waals surface area contributed by atoms with Crippen molar-refractivity contribution in [2.24, 2.45) is 17.1 Å². The van der Waals surface area contributed by atoms with Crippen LogP contribution in [0.4, 0.5) is 0 Å². The molecule has 0 radical (unpaired) electrons. The van der Waals surface area contributed by atoms with Crippen molar-refractivity contribution in [3.8, 4) is 0 Å². The summed E-state index contributed by atoms with van der Waals surface area (Å²) in [4.78, 5) is 12.4. The number of hydrogen-bond donors (Lipinski definition) is 2. The lowest BCUT2D eigenvalue weighted by Crippen LogP contribution is -2.70. The molecule has 0 bridgehead atoms. The second kappa shape index (κ2) is 5.28. The van der Waals surface area contributed by atoms with E-state index in [0.29, 0.717) is 18.6 Å². The van der Waals surface area contributed by atoms with E-state index in [1.54, 1.807) is 0 Å². The maximum absolute atomic E-state index is 12.4. The molecule has 20 heavy (non-hydrogen) atoms. The molecule has 0 aromatic rings. The molecule has 1 aliphatic carbocycles. The Labute approximate surface area is 120 Å². The van der Waals surface area contributed by atoms with Gasteiger partial charge in [0.15, 0.2) is 0 Å². The zero-order valence-corrected chi connectivity index (χ0v) is 12.4. The number of hydrogen-bond acceptors (Lipinski definition) is 4. The van der Waals surface area contributed by atoms with Gasteiger partial charge in [0.2, 0.25) is 5.91 Å². The number of carbonyl (C=O) groups excluding carboxylic acids is 1. The van der Waals surface area contributed by atoms with Crippen LogP contribution in [0.3, 0.4) is 0 Å². The van der Waals surface area contributed by atoms with Crippen LogP contribution in [0.15, 0.2) is 0 Å². The maximum Gasteiger partial charge on any atom is 0.249 e. The first-order valence-electron chi connectivity index (χ1n) is 7.81. The lowest BCUT2D eigenvalue weighted by atomic mass is 9.55. The third kappa shape index (κ3) is 2.26. The van der Waals surface area contributed by atoms with Crippen LogP contribution >= 0.6 is 0 Å². The molecule has 3 unspecified atom stereocenters. The normalized spacial score (nSPS) is 42.6. The Bertz CT molecular complexity index is 385. The highest BCUT2D eigenvalue weighted by molar-refractivity contribution is 5.81. The number of rotatable bonds is 3. The fraction of sp³-hybridized carbons (Fsp3) is 0.933. The molecule has 2 aliphatic heterocycles. The molecular weight excluding hydrogens is 256 g/mol. The van der Waals surface area contributed by atoms with Crippen LogP contribution < -0.4 is 11.1 Å². The summed E-state index contributed by atoms with van der Waals surface area (Å²) in [6.45, 7) is 5.72. The van der Waals surface area contributed by atoms with Crippen molar-refractivity contribution in [3.05, 3.63) is 0 Å². The number of fused-ring (bicyclic) bond motifs is 1. The number of nitrogens with two attached hydrogens (primary N) is 1. The summed E-state index contributed by atoms with van der Waals surface area (Å²) >= 11 is 0. The predicted molar refractivity (Wildman–Crippen MR) is 75.1 cm³/mol. The Kier molecular flexibility index (Phi) is 3.77. The number of nitrogens with one attached hydrogen (secondary N) is 1. The molecular formula is C15H26N2O3. The molecule has 3 fully saturated rings. The number of amides is 1. The van der Waals surface area contributed by atoms with Crippen LogP contribution in [0.5, 0.6) is 0 Å². The van der Waals surface area contributed by atoms with Crippen molar-refractivity contribution >= 4 is 5.91 Å². The Morgan fingerprint density at radius 3 is 2.85 bits per heavy atom. The van der Waals surface area contributed by atoms with E-state index in [4.69, 9.17) is 15.2 Å². The van der Waals surface area contributed by atoms with Crippen LogP contribution in [0.1, 0.15) is 39.5 Å². The standard InChI is InChI=1S/C15H26N2O3/c1-15(2)12(10-4-3-7-19-13(10)15)17-14(18)11-6-5-9(8-16)20-11/h9-13H,3-8,16H2,1-2H3,(H,17,18)/t9-,10?,11+,12?,13?/m1/s1. The van der Waals surface area contributed by atoms with E-state index in [1.807, 2.05) is 0 Å². The van der Waals surface area contributed by atoms with E-state index < -0.39 is 0 Å². The first-order chi connectivity index (χ1) is 9.54. The monoisotopic (exact) mass is 282 g/mol. The summed E-state index contributed by atoms with van der Waals surface area (Å²) in [5.74, 6) is 0.498. The van der Waals surface area contributed by atoms with Gasteiger partial charge in [-0.05, 0) is 25.7 Å². The third-order valence-corrected chi connectivity index (χ3v) is 5.29. The molecule has 5 atom stereocenters. The summed E-state index contributed by atoms with van der Waals surface area (Å²) in [7, 11) is 0. The highest BCUT2D eigenvalue weighted by Gasteiger charge is 2.58. The van der Waals surface area contributed by atoms with Gasteiger partial charge in [0.05, 0.1) is 12.2 Å². The lowest BCUT2D eigenvalue weighted by molar-refractivity contribution is -0.195. The van der Waals surface area contributed by atoms with Gasteiger partial charge in [-0.25, -0.2) is 0 Å². The Morgan fingerprint density at radius 2 is 2.15 bits per heavy atom. The van der Waals surface area contributed by atoms with E-state index in [0.717, 1.165) is 32.3 Å². The zero-order chi connectivity index (χ0) is 14.3. The smallest absolute Gasteiger partial charge is 0.249 e. The minimum absolute atomic E-state index is 0.0205. The summed E-state index contributed by atoms with van der Waals surface area (Å²) in [6, 6.07) is 0.209. The molecule has 1 amide bonds. The fourth-order valence-electron chi connectivity index (χ4n) is 4.13. The molecule has 1 saturated carbocycles. The fourth-order valence-corrected chi connectivity index (χ4v) is 4.13. The largest absolute Gasteiger partial charge is 0.377 e. The van der Waals surface area contributed by atoms with E-state index >= 15 is 0 Å². The van der Waals surface area contributed by atoms with Gasteiger partial charge in [-0.1, -0.05) is 13.8 Å². The molecule has 0 aromatic heterocycles. The van der Waals surface area contributed by atoms with Gasteiger partial charge < -0.3 is 20.5 Å². The predicted octanol–water partition coefficient (Wildman–Crippen LogP) is 0.813. The van der Waals surface area contributed by atoms with Gasteiger partial charge in [0.25, 0.3) is 0 Å². The van der Waals surface area contributed by atoms with Crippen molar-refractivity contribution in [2.45, 2.75) is 63.9 Å². The van der Waals surface area contributed by atoms with Crippen LogP contribution in [-0.2, 0) is 14.3 Å².